The lowest BCUT2D eigenvalue weighted by molar-refractivity contribution is -0.290. The molecule has 0 amide bonds. The van der Waals surface area contributed by atoms with Gasteiger partial charge in [0, 0.05) is 4.47 Å². The molecule has 0 N–H and O–H groups in total. The first-order chi connectivity index (χ1) is 7.63. The van der Waals surface area contributed by atoms with Crippen LogP contribution in [-0.4, -0.2) is 18.7 Å². The van der Waals surface area contributed by atoms with Gasteiger partial charge in [-0.1, -0.05) is 27.5 Å². The predicted molar refractivity (Wildman–Crippen MR) is 55.6 cm³/mol. The van der Waals surface area contributed by atoms with E-state index in [0.717, 1.165) is 0 Å². The van der Waals surface area contributed by atoms with E-state index < -0.39 is 18.7 Å². The van der Waals surface area contributed by atoms with Crippen molar-refractivity contribution in [2.75, 3.05) is 6.61 Å². The first kappa shape index (κ1) is 14.5. The molecule has 0 heterocycles. The fraction of sp³-hybridized carbons (Fsp3) is 0.333. The number of hydrogen-bond donors (Lipinski definition) is 0. The molecular formula is C9H5BrClF5O. The molecule has 0 spiro atoms. The highest BCUT2D eigenvalue weighted by Crippen LogP contribution is 2.37. The van der Waals surface area contributed by atoms with E-state index in [-0.39, 0.29) is 10.8 Å². The van der Waals surface area contributed by atoms with Crippen LogP contribution in [0.5, 0.6) is 5.75 Å². The van der Waals surface area contributed by atoms with Gasteiger partial charge in [-0.3, -0.25) is 0 Å². The van der Waals surface area contributed by atoms with E-state index in [2.05, 4.69) is 20.7 Å². The second-order valence-electron chi connectivity index (χ2n) is 3.07. The molecule has 0 atom stereocenters. The Labute approximate surface area is 107 Å². The maximum Gasteiger partial charge on any atom is 0.456 e. The highest BCUT2D eigenvalue weighted by atomic mass is 79.9. The molecule has 0 aliphatic rings. The minimum absolute atomic E-state index is 0.0498. The molecule has 8 heteroatoms. The van der Waals surface area contributed by atoms with Gasteiger partial charge in [0.05, 0.1) is 5.02 Å². The van der Waals surface area contributed by atoms with Crippen LogP contribution < -0.4 is 4.74 Å². The van der Waals surface area contributed by atoms with Gasteiger partial charge >= 0.3 is 12.1 Å². The first-order valence-corrected chi connectivity index (χ1v) is 5.33. The van der Waals surface area contributed by atoms with Gasteiger partial charge in [0.2, 0.25) is 0 Å². The summed E-state index contributed by atoms with van der Waals surface area (Å²) in [6.45, 7) is -1.81. The van der Waals surface area contributed by atoms with Crippen LogP contribution in [0.3, 0.4) is 0 Å². The Kier molecular flexibility index (Phi) is 4.24. The summed E-state index contributed by atoms with van der Waals surface area (Å²) in [7, 11) is 0. The van der Waals surface area contributed by atoms with Crippen LogP contribution in [0.25, 0.3) is 0 Å². The van der Waals surface area contributed by atoms with Gasteiger partial charge in [0.1, 0.15) is 5.75 Å². The molecule has 0 fully saturated rings. The van der Waals surface area contributed by atoms with Crippen LogP contribution in [0.2, 0.25) is 5.02 Å². The average molecular weight is 339 g/mol. The van der Waals surface area contributed by atoms with E-state index in [0.29, 0.717) is 4.47 Å². The summed E-state index contributed by atoms with van der Waals surface area (Å²) in [6, 6.07) is 4.01. The van der Waals surface area contributed by atoms with Crippen molar-refractivity contribution in [2.24, 2.45) is 0 Å². The zero-order valence-electron chi connectivity index (χ0n) is 7.99. The second-order valence-corrected chi connectivity index (χ2v) is 4.39. The molecule has 0 aliphatic heterocycles. The van der Waals surface area contributed by atoms with Crippen molar-refractivity contribution in [3.8, 4) is 5.75 Å². The zero-order chi connectivity index (χ0) is 13.3. The molecule has 1 nitrogen and oxygen atoms in total. The Morgan fingerprint density at radius 1 is 1.18 bits per heavy atom. The van der Waals surface area contributed by atoms with Crippen LogP contribution >= 0.6 is 27.5 Å². The summed E-state index contributed by atoms with van der Waals surface area (Å²) in [5.74, 6) is -5.16. The van der Waals surface area contributed by atoms with Crippen molar-refractivity contribution in [1.29, 1.82) is 0 Å². The molecule has 0 saturated heterocycles. The van der Waals surface area contributed by atoms with Gasteiger partial charge in [-0.15, -0.1) is 0 Å². The number of halogens is 7. The maximum atomic E-state index is 12.5. The standard InChI is InChI=1S/C9H5BrClF5O/c10-5-1-2-6(11)7(3-5)17-4-8(12,13)9(14,15)16/h1-3H,4H2. The predicted octanol–water partition coefficient (Wildman–Crippen LogP) is 4.68. The molecule has 0 unspecified atom stereocenters. The summed E-state index contributed by atoms with van der Waals surface area (Å²) < 4.78 is 65.4. The van der Waals surface area contributed by atoms with Gasteiger partial charge in [-0.2, -0.15) is 22.0 Å². The molecule has 0 aliphatic carbocycles. The van der Waals surface area contributed by atoms with Crippen LogP contribution in [0, 0.1) is 0 Å². The number of hydrogen-bond acceptors (Lipinski definition) is 1. The highest BCUT2D eigenvalue weighted by Gasteiger charge is 2.58. The minimum atomic E-state index is -5.65. The third-order valence-corrected chi connectivity index (χ3v) is 2.52. The van der Waals surface area contributed by atoms with E-state index >= 15 is 0 Å². The molecule has 17 heavy (non-hydrogen) atoms. The molecule has 0 radical (unpaired) electrons. The Morgan fingerprint density at radius 3 is 2.29 bits per heavy atom. The van der Waals surface area contributed by atoms with E-state index in [1.165, 1.54) is 18.2 Å². The van der Waals surface area contributed by atoms with Crippen LogP contribution in [0.4, 0.5) is 22.0 Å². The molecule has 1 aromatic carbocycles. The lowest BCUT2D eigenvalue weighted by Gasteiger charge is -2.20. The van der Waals surface area contributed by atoms with Crippen LogP contribution in [0.15, 0.2) is 22.7 Å². The molecular weight excluding hydrogens is 334 g/mol. The van der Waals surface area contributed by atoms with Crippen molar-refractivity contribution in [3.63, 3.8) is 0 Å². The maximum absolute atomic E-state index is 12.5. The fourth-order valence-electron chi connectivity index (χ4n) is 0.838. The molecule has 0 aromatic heterocycles. The van der Waals surface area contributed by atoms with Crippen molar-refractivity contribution < 1.29 is 26.7 Å². The molecule has 0 saturated carbocycles. The van der Waals surface area contributed by atoms with Crippen LogP contribution in [-0.2, 0) is 0 Å². The van der Waals surface area contributed by atoms with Gasteiger partial charge in [-0.25, -0.2) is 0 Å². The normalized spacial score (nSPS) is 12.6. The van der Waals surface area contributed by atoms with Gasteiger partial charge in [-0.05, 0) is 18.2 Å². The number of benzene rings is 1. The van der Waals surface area contributed by atoms with Gasteiger partial charge < -0.3 is 4.74 Å². The molecule has 1 aromatic rings. The van der Waals surface area contributed by atoms with Gasteiger partial charge in [0.25, 0.3) is 0 Å². The largest absolute Gasteiger partial charge is 0.485 e. The van der Waals surface area contributed by atoms with Gasteiger partial charge in [0.15, 0.2) is 6.61 Å². The topological polar surface area (TPSA) is 9.23 Å². The molecule has 1 rings (SSSR count). The first-order valence-electron chi connectivity index (χ1n) is 4.16. The SMILES string of the molecule is FC(F)(F)C(F)(F)COc1cc(Br)ccc1Cl. The van der Waals surface area contributed by atoms with E-state index in [1.54, 1.807) is 0 Å². The smallest absolute Gasteiger partial charge is 0.456 e. The summed E-state index contributed by atoms with van der Waals surface area (Å²) >= 11 is 8.58. The number of alkyl halides is 5. The lowest BCUT2D eigenvalue weighted by atomic mass is 10.3. The van der Waals surface area contributed by atoms with Crippen molar-refractivity contribution in [1.82, 2.24) is 0 Å². The average Bonchev–Trinajstić information content (AvgIpc) is 2.18. The third-order valence-electron chi connectivity index (χ3n) is 1.72. The quantitative estimate of drug-likeness (QED) is 0.727. The zero-order valence-corrected chi connectivity index (χ0v) is 10.3. The monoisotopic (exact) mass is 338 g/mol. The minimum Gasteiger partial charge on any atom is -0.485 e. The summed E-state index contributed by atoms with van der Waals surface area (Å²) in [4.78, 5) is 0. The number of rotatable bonds is 3. The summed E-state index contributed by atoms with van der Waals surface area (Å²) in [5.41, 5.74) is 0. The van der Waals surface area contributed by atoms with Crippen molar-refractivity contribution in [3.05, 3.63) is 27.7 Å². The Balaban J connectivity index is 2.77. The van der Waals surface area contributed by atoms with E-state index in [1.807, 2.05) is 0 Å². The fourth-order valence-corrected chi connectivity index (χ4v) is 1.35. The second kappa shape index (κ2) is 4.97. The van der Waals surface area contributed by atoms with E-state index in [9.17, 15) is 22.0 Å². The number of ether oxygens (including phenoxy) is 1. The van der Waals surface area contributed by atoms with Crippen molar-refractivity contribution >= 4 is 27.5 Å². The summed E-state index contributed by atoms with van der Waals surface area (Å²) in [5, 5.41) is -0.0498. The Bertz CT molecular complexity index is 407. The third kappa shape index (κ3) is 3.70. The molecule has 96 valence electrons. The Morgan fingerprint density at radius 2 is 1.76 bits per heavy atom. The summed E-state index contributed by atoms with van der Waals surface area (Å²) in [6.07, 6.45) is -5.65. The lowest BCUT2D eigenvalue weighted by Crippen LogP contribution is -2.41. The molecule has 0 bridgehead atoms. The van der Waals surface area contributed by atoms with Crippen LogP contribution in [0.1, 0.15) is 0 Å². The highest BCUT2D eigenvalue weighted by molar-refractivity contribution is 9.10. The Hall–Kier alpha value is -0.560. The van der Waals surface area contributed by atoms with Crippen molar-refractivity contribution in [2.45, 2.75) is 12.1 Å². The van der Waals surface area contributed by atoms with E-state index in [4.69, 9.17) is 11.6 Å².